The third-order valence-electron chi connectivity index (χ3n) is 5.82. The number of hydrogen-bond acceptors (Lipinski definition) is 5. The number of ether oxygens (including phenoxy) is 1. The largest absolute Gasteiger partial charge is 0.444 e. The zero-order chi connectivity index (χ0) is 19.2. The van der Waals surface area contributed by atoms with Gasteiger partial charge in [-0.2, -0.15) is 4.31 Å². The Labute approximate surface area is 164 Å². The maximum absolute atomic E-state index is 13.1. The molecule has 27 heavy (non-hydrogen) atoms. The molecule has 0 saturated carbocycles. The normalized spacial score (nSPS) is 29.3. The Bertz CT molecular complexity index is 808. The highest BCUT2D eigenvalue weighted by atomic mass is 35.5. The van der Waals surface area contributed by atoms with Gasteiger partial charge in [0.1, 0.15) is 6.10 Å². The second-order valence-corrected chi connectivity index (χ2v) is 9.82. The van der Waals surface area contributed by atoms with E-state index in [1.54, 1.807) is 21.3 Å². The van der Waals surface area contributed by atoms with E-state index in [2.05, 4.69) is 4.90 Å². The molecule has 3 heterocycles. The van der Waals surface area contributed by atoms with Gasteiger partial charge in [0.2, 0.25) is 10.0 Å². The quantitative estimate of drug-likeness (QED) is 0.758. The topological polar surface area (TPSA) is 70.2 Å². The van der Waals surface area contributed by atoms with Gasteiger partial charge in [-0.15, -0.1) is 0 Å². The Morgan fingerprint density at radius 1 is 1.11 bits per heavy atom. The van der Waals surface area contributed by atoms with Crippen LogP contribution in [-0.2, 0) is 14.8 Å². The number of nitrogens with zero attached hydrogens (tertiary/aromatic N) is 3. The van der Waals surface area contributed by atoms with E-state index < -0.39 is 10.0 Å². The number of halogens is 1. The number of benzene rings is 1. The van der Waals surface area contributed by atoms with Crippen molar-refractivity contribution in [3.8, 4) is 0 Å². The first-order valence-electron chi connectivity index (χ1n) is 9.29. The third kappa shape index (κ3) is 3.55. The number of carbonyl (C=O) groups is 1. The lowest BCUT2D eigenvalue weighted by atomic mass is 9.98. The summed E-state index contributed by atoms with van der Waals surface area (Å²) < 4.78 is 33.5. The van der Waals surface area contributed by atoms with Crippen molar-refractivity contribution in [1.82, 2.24) is 14.1 Å². The summed E-state index contributed by atoms with van der Waals surface area (Å²) >= 11 is 5.88. The molecule has 3 saturated heterocycles. The van der Waals surface area contributed by atoms with Gasteiger partial charge in [0.05, 0.1) is 10.9 Å². The summed E-state index contributed by atoms with van der Waals surface area (Å²) in [5, 5.41) is 0.498. The summed E-state index contributed by atoms with van der Waals surface area (Å²) in [5.74, 6) is 0. The number of sulfonamides is 1. The summed E-state index contributed by atoms with van der Waals surface area (Å²) in [4.78, 5) is 16.6. The van der Waals surface area contributed by atoms with E-state index in [-0.39, 0.29) is 29.2 Å². The number of likely N-dealkylation sites (N-methyl/N-ethyl adjacent to an activating group) is 1. The van der Waals surface area contributed by atoms with Crippen LogP contribution in [0.1, 0.15) is 19.3 Å². The zero-order valence-corrected chi connectivity index (χ0v) is 16.8. The molecule has 0 radical (unpaired) electrons. The maximum atomic E-state index is 13.1. The van der Waals surface area contributed by atoms with E-state index >= 15 is 0 Å². The van der Waals surface area contributed by atoms with Crippen LogP contribution in [0.25, 0.3) is 0 Å². The number of amides is 1. The third-order valence-corrected chi connectivity index (χ3v) is 8.06. The summed E-state index contributed by atoms with van der Waals surface area (Å²) in [5.41, 5.74) is 0. The maximum Gasteiger partial charge on any atom is 0.410 e. The SMILES string of the molecule is CN1CCN(C(=O)OC2C[C@@H]3CCC2N3S(=O)(=O)c2ccc(Cl)cc2)CC1. The first-order chi connectivity index (χ1) is 12.9. The summed E-state index contributed by atoms with van der Waals surface area (Å²) in [6.45, 7) is 2.93. The predicted octanol–water partition coefficient (Wildman–Crippen LogP) is 2.02. The fourth-order valence-electron chi connectivity index (χ4n) is 4.31. The van der Waals surface area contributed by atoms with E-state index in [1.165, 1.54) is 12.1 Å². The number of rotatable bonds is 3. The van der Waals surface area contributed by atoms with Gasteiger partial charge < -0.3 is 14.5 Å². The average molecular weight is 414 g/mol. The highest BCUT2D eigenvalue weighted by Gasteiger charge is 2.53. The molecule has 148 valence electrons. The lowest BCUT2D eigenvalue weighted by molar-refractivity contribution is 0.0377. The fourth-order valence-corrected chi connectivity index (χ4v) is 6.34. The summed E-state index contributed by atoms with van der Waals surface area (Å²) in [7, 11) is -1.60. The number of piperazine rings is 1. The minimum absolute atomic E-state index is 0.110. The molecule has 0 spiro atoms. The molecule has 3 aliphatic rings. The Balaban J connectivity index is 1.46. The minimum atomic E-state index is -3.63. The van der Waals surface area contributed by atoms with Crippen molar-refractivity contribution in [3.63, 3.8) is 0 Å². The van der Waals surface area contributed by atoms with Crippen molar-refractivity contribution in [3.05, 3.63) is 29.3 Å². The van der Waals surface area contributed by atoms with Gasteiger partial charge in [-0.25, -0.2) is 13.2 Å². The van der Waals surface area contributed by atoms with E-state index in [0.717, 1.165) is 25.9 Å². The van der Waals surface area contributed by atoms with Gasteiger partial charge in [0.25, 0.3) is 0 Å². The first-order valence-corrected chi connectivity index (χ1v) is 11.1. The Hall–Kier alpha value is -1.35. The van der Waals surface area contributed by atoms with Crippen LogP contribution < -0.4 is 0 Å². The Kier molecular flexibility index (Phi) is 5.09. The molecular weight excluding hydrogens is 390 g/mol. The van der Waals surface area contributed by atoms with Crippen LogP contribution in [0.4, 0.5) is 4.79 Å². The van der Waals surface area contributed by atoms with Gasteiger partial charge in [0.15, 0.2) is 0 Å². The predicted molar refractivity (Wildman–Crippen MR) is 101 cm³/mol. The number of fused-ring (bicyclic) bond motifs is 2. The fraction of sp³-hybridized carbons (Fsp3) is 0.611. The van der Waals surface area contributed by atoms with Gasteiger partial charge in [0, 0.05) is 43.7 Å². The molecule has 4 rings (SSSR count). The molecule has 3 fully saturated rings. The van der Waals surface area contributed by atoms with Crippen LogP contribution in [0.15, 0.2) is 29.2 Å². The van der Waals surface area contributed by atoms with Gasteiger partial charge in [-0.3, -0.25) is 0 Å². The van der Waals surface area contributed by atoms with Crippen LogP contribution >= 0.6 is 11.6 Å². The molecule has 0 N–H and O–H groups in total. The number of carbonyl (C=O) groups excluding carboxylic acids is 1. The van der Waals surface area contributed by atoms with Crippen LogP contribution in [-0.4, -0.2) is 80.0 Å². The second kappa shape index (κ2) is 7.24. The standard InChI is InChI=1S/C18H24ClN3O4S/c1-20-8-10-21(11-9-20)18(23)26-17-12-14-4-7-16(17)22(14)27(24,25)15-5-2-13(19)3-6-15/h2-3,5-6,14,16-17H,4,7-12H2,1H3/t14-,16?,17?/m0/s1. The zero-order valence-electron chi connectivity index (χ0n) is 15.3. The van der Waals surface area contributed by atoms with E-state index in [9.17, 15) is 13.2 Å². The summed E-state index contributed by atoms with van der Waals surface area (Å²) in [6, 6.07) is 5.82. The first kappa shape index (κ1) is 19.0. The minimum Gasteiger partial charge on any atom is -0.444 e. The molecule has 3 atom stereocenters. The highest BCUT2D eigenvalue weighted by Crippen LogP contribution is 2.43. The molecule has 0 aliphatic carbocycles. The van der Waals surface area contributed by atoms with Crippen LogP contribution in [0.2, 0.25) is 5.02 Å². The Morgan fingerprint density at radius 3 is 2.44 bits per heavy atom. The molecule has 7 nitrogen and oxygen atoms in total. The number of hydrogen-bond donors (Lipinski definition) is 0. The monoisotopic (exact) mass is 413 g/mol. The Morgan fingerprint density at radius 2 is 1.78 bits per heavy atom. The molecular formula is C18H24ClN3O4S. The molecule has 0 aromatic heterocycles. The molecule has 3 aliphatic heterocycles. The lowest BCUT2D eigenvalue weighted by Gasteiger charge is -2.33. The average Bonchev–Trinajstić information content (AvgIpc) is 3.21. The van der Waals surface area contributed by atoms with Crippen molar-refractivity contribution in [2.24, 2.45) is 0 Å². The van der Waals surface area contributed by atoms with E-state index in [1.807, 2.05) is 7.05 Å². The van der Waals surface area contributed by atoms with Gasteiger partial charge in [-0.1, -0.05) is 11.6 Å². The molecule has 2 bridgehead atoms. The second-order valence-electron chi connectivity index (χ2n) is 7.54. The smallest absolute Gasteiger partial charge is 0.410 e. The van der Waals surface area contributed by atoms with E-state index in [0.29, 0.717) is 24.5 Å². The van der Waals surface area contributed by atoms with Gasteiger partial charge >= 0.3 is 6.09 Å². The van der Waals surface area contributed by atoms with Gasteiger partial charge in [-0.05, 0) is 44.2 Å². The molecule has 1 aromatic rings. The lowest BCUT2D eigenvalue weighted by Crippen LogP contribution is -2.49. The highest BCUT2D eigenvalue weighted by molar-refractivity contribution is 7.89. The molecule has 9 heteroatoms. The van der Waals surface area contributed by atoms with Crippen molar-refractivity contribution < 1.29 is 17.9 Å². The molecule has 1 amide bonds. The van der Waals surface area contributed by atoms with Crippen molar-refractivity contribution in [2.45, 2.75) is 42.3 Å². The van der Waals surface area contributed by atoms with Crippen molar-refractivity contribution >= 4 is 27.7 Å². The molecule has 1 aromatic carbocycles. The van der Waals surface area contributed by atoms with Crippen LogP contribution in [0.3, 0.4) is 0 Å². The van der Waals surface area contributed by atoms with E-state index in [4.69, 9.17) is 16.3 Å². The molecule has 2 unspecified atom stereocenters. The summed E-state index contributed by atoms with van der Waals surface area (Å²) in [6.07, 6.45) is 1.39. The van der Waals surface area contributed by atoms with Crippen LogP contribution in [0.5, 0.6) is 0 Å². The van der Waals surface area contributed by atoms with Crippen molar-refractivity contribution in [1.29, 1.82) is 0 Å². The van der Waals surface area contributed by atoms with Crippen molar-refractivity contribution in [2.75, 3.05) is 33.2 Å². The van der Waals surface area contributed by atoms with Crippen LogP contribution in [0, 0.1) is 0 Å².